The smallest absolute Gasteiger partial charge is 0.226 e. The largest absolute Gasteiger partial charge is 0.383 e. The number of fused-ring (bicyclic) bond motifs is 2. The predicted octanol–water partition coefficient (Wildman–Crippen LogP) is 2.81. The summed E-state index contributed by atoms with van der Waals surface area (Å²) in [6.07, 6.45) is 5.73. The Kier molecular flexibility index (Phi) is 7.73. The molecule has 2 N–H and O–H groups in total. The van der Waals surface area contributed by atoms with Crippen LogP contribution in [-0.2, 0) is 16.0 Å². The lowest BCUT2D eigenvalue weighted by Crippen LogP contribution is -2.47. The molecule has 1 aromatic carbocycles. The van der Waals surface area contributed by atoms with Crippen molar-refractivity contribution < 1.29 is 9.53 Å². The average Bonchev–Trinajstić information content (AvgIpc) is 3.20. The third-order valence-electron chi connectivity index (χ3n) is 5.86. The normalized spacial score (nSPS) is 27.1. The zero-order chi connectivity index (χ0) is 16.8. The fourth-order valence-electron chi connectivity index (χ4n) is 4.72. The summed E-state index contributed by atoms with van der Waals surface area (Å²) in [5.41, 5.74) is 1.11. The van der Waals surface area contributed by atoms with Gasteiger partial charge in [0.05, 0.1) is 12.0 Å². The van der Waals surface area contributed by atoms with Crippen LogP contribution in [0, 0.1) is 17.3 Å². The van der Waals surface area contributed by atoms with Crippen molar-refractivity contribution in [3.63, 3.8) is 0 Å². The summed E-state index contributed by atoms with van der Waals surface area (Å²) < 4.78 is 5.02. The van der Waals surface area contributed by atoms with Gasteiger partial charge in [0.2, 0.25) is 5.91 Å². The zero-order valence-corrected chi connectivity index (χ0v) is 15.9. The minimum Gasteiger partial charge on any atom is -0.383 e. The first-order chi connectivity index (χ1) is 11.7. The van der Waals surface area contributed by atoms with Crippen LogP contribution in [0.3, 0.4) is 0 Å². The van der Waals surface area contributed by atoms with Crippen LogP contribution < -0.4 is 10.6 Å². The molecule has 0 radical (unpaired) electrons. The minimum atomic E-state index is -0.184. The second-order valence-corrected chi connectivity index (χ2v) is 7.40. The number of halogens is 1. The maximum absolute atomic E-state index is 13.1. The van der Waals surface area contributed by atoms with Crippen molar-refractivity contribution in [2.45, 2.75) is 32.1 Å². The van der Waals surface area contributed by atoms with Crippen LogP contribution in [0.1, 0.15) is 31.2 Å². The highest BCUT2D eigenvalue weighted by atomic mass is 35.5. The van der Waals surface area contributed by atoms with Crippen LogP contribution in [0.2, 0.25) is 0 Å². The number of amides is 1. The van der Waals surface area contributed by atoms with E-state index in [4.69, 9.17) is 4.74 Å². The van der Waals surface area contributed by atoms with Gasteiger partial charge in [-0.1, -0.05) is 36.8 Å². The van der Waals surface area contributed by atoms with Gasteiger partial charge in [0.1, 0.15) is 0 Å². The lowest BCUT2D eigenvalue weighted by Gasteiger charge is -2.36. The molecule has 0 aromatic heterocycles. The van der Waals surface area contributed by atoms with Crippen LogP contribution in [0.25, 0.3) is 0 Å². The number of hydrogen-bond donors (Lipinski definition) is 2. The Hall–Kier alpha value is -1.10. The molecule has 25 heavy (non-hydrogen) atoms. The van der Waals surface area contributed by atoms with Gasteiger partial charge in [0.15, 0.2) is 0 Å². The lowest BCUT2D eigenvalue weighted by molar-refractivity contribution is -0.134. The number of ether oxygens (including phenoxy) is 1. The zero-order valence-electron chi connectivity index (χ0n) is 15.1. The highest BCUT2D eigenvalue weighted by Gasteiger charge is 2.55. The van der Waals surface area contributed by atoms with E-state index in [0.717, 1.165) is 31.8 Å². The number of carbonyl (C=O) groups excluding carboxylic acids is 1. The Morgan fingerprint density at radius 3 is 2.64 bits per heavy atom. The summed E-state index contributed by atoms with van der Waals surface area (Å²) in [6, 6.07) is 10.5. The molecule has 0 heterocycles. The molecule has 1 amide bonds. The molecule has 1 aromatic rings. The quantitative estimate of drug-likeness (QED) is 0.661. The van der Waals surface area contributed by atoms with E-state index >= 15 is 0 Å². The van der Waals surface area contributed by atoms with Crippen molar-refractivity contribution >= 4 is 18.3 Å². The molecule has 2 aliphatic rings. The van der Waals surface area contributed by atoms with Gasteiger partial charge in [-0.05, 0) is 43.1 Å². The molecule has 0 spiro atoms. The first-order valence-corrected chi connectivity index (χ1v) is 9.26. The van der Waals surface area contributed by atoms with Gasteiger partial charge in [0.25, 0.3) is 0 Å². The lowest BCUT2D eigenvalue weighted by atomic mass is 9.68. The molecule has 2 aliphatic carbocycles. The Morgan fingerprint density at radius 1 is 1.20 bits per heavy atom. The van der Waals surface area contributed by atoms with Crippen LogP contribution in [-0.4, -0.2) is 39.3 Å². The summed E-state index contributed by atoms with van der Waals surface area (Å²) >= 11 is 0. The monoisotopic (exact) mass is 366 g/mol. The molecule has 3 atom stereocenters. The molecule has 140 valence electrons. The van der Waals surface area contributed by atoms with E-state index in [-0.39, 0.29) is 23.7 Å². The molecule has 0 aliphatic heterocycles. The van der Waals surface area contributed by atoms with E-state index in [1.54, 1.807) is 7.11 Å². The summed E-state index contributed by atoms with van der Waals surface area (Å²) in [4.78, 5) is 13.1. The highest BCUT2D eigenvalue weighted by molar-refractivity contribution is 5.85. The third kappa shape index (κ3) is 4.75. The van der Waals surface area contributed by atoms with Gasteiger partial charge >= 0.3 is 0 Å². The molecule has 2 bridgehead atoms. The van der Waals surface area contributed by atoms with Crippen LogP contribution in [0.15, 0.2) is 30.3 Å². The molecule has 3 unspecified atom stereocenters. The van der Waals surface area contributed by atoms with Crippen molar-refractivity contribution in [1.82, 2.24) is 10.6 Å². The van der Waals surface area contributed by atoms with E-state index < -0.39 is 0 Å². The molecule has 5 heteroatoms. The van der Waals surface area contributed by atoms with Crippen molar-refractivity contribution in [2.75, 3.05) is 33.4 Å². The van der Waals surface area contributed by atoms with Crippen LogP contribution in [0.5, 0.6) is 0 Å². The number of hydrogen-bond acceptors (Lipinski definition) is 3. The number of nitrogens with one attached hydrogen (secondary N) is 2. The Balaban J connectivity index is 0.00000225. The van der Waals surface area contributed by atoms with Gasteiger partial charge < -0.3 is 15.4 Å². The topological polar surface area (TPSA) is 50.4 Å². The molecule has 0 saturated heterocycles. The second-order valence-electron chi connectivity index (χ2n) is 7.40. The molecule has 2 saturated carbocycles. The number of carbonyl (C=O) groups is 1. The Morgan fingerprint density at radius 2 is 2.00 bits per heavy atom. The van der Waals surface area contributed by atoms with Gasteiger partial charge in [-0.2, -0.15) is 0 Å². The first kappa shape index (κ1) is 20.2. The predicted molar refractivity (Wildman–Crippen MR) is 103 cm³/mol. The molecule has 4 nitrogen and oxygen atoms in total. The summed E-state index contributed by atoms with van der Waals surface area (Å²) in [6.45, 7) is 3.02. The van der Waals surface area contributed by atoms with Gasteiger partial charge in [0, 0.05) is 26.7 Å². The SMILES string of the molecule is COCCNCCNC(=O)C1(Cc2ccccc2)CC2CCC1C2.Cl. The second kappa shape index (κ2) is 9.56. The van der Waals surface area contributed by atoms with Crippen LogP contribution >= 0.6 is 12.4 Å². The highest BCUT2D eigenvalue weighted by Crippen LogP contribution is 2.57. The van der Waals surface area contributed by atoms with E-state index in [1.165, 1.54) is 24.8 Å². The van der Waals surface area contributed by atoms with Gasteiger partial charge in [-0.25, -0.2) is 0 Å². The van der Waals surface area contributed by atoms with Crippen molar-refractivity contribution in [1.29, 1.82) is 0 Å². The maximum atomic E-state index is 13.1. The summed E-state index contributed by atoms with van der Waals surface area (Å²) in [5.74, 6) is 1.58. The fourth-order valence-corrected chi connectivity index (χ4v) is 4.72. The van der Waals surface area contributed by atoms with E-state index in [1.807, 2.05) is 6.07 Å². The van der Waals surface area contributed by atoms with Crippen molar-refractivity contribution in [2.24, 2.45) is 17.3 Å². The maximum Gasteiger partial charge on any atom is 0.226 e. The van der Waals surface area contributed by atoms with Gasteiger partial charge in [-0.15, -0.1) is 12.4 Å². The number of rotatable bonds is 9. The van der Waals surface area contributed by atoms with E-state index in [0.29, 0.717) is 19.1 Å². The van der Waals surface area contributed by atoms with Crippen molar-refractivity contribution in [3.05, 3.63) is 35.9 Å². The Labute approximate surface area is 157 Å². The number of methoxy groups -OCH3 is 1. The molecule has 2 fully saturated rings. The minimum absolute atomic E-state index is 0. The average molecular weight is 367 g/mol. The molecule has 3 rings (SSSR count). The van der Waals surface area contributed by atoms with Crippen LogP contribution in [0.4, 0.5) is 0 Å². The Bertz CT molecular complexity index is 540. The molecular weight excluding hydrogens is 336 g/mol. The first-order valence-electron chi connectivity index (χ1n) is 9.26. The molecular formula is C20H31ClN2O2. The summed E-state index contributed by atoms with van der Waals surface area (Å²) in [5, 5.41) is 6.49. The van der Waals surface area contributed by atoms with E-state index in [2.05, 4.69) is 34.9 Å². The standard InChI is InChI=1S/C20H30N2O2.ClH/c1-24-12-11-21-9-10-22-19(23)20(14-16-5-3-2-4-6-16)15-17-7-8-18(20)13-17;/h2-6,17-18,21H,7-15H2,1H3,(H,22,23);1H. The summed E-state index contributed by atoms with van der Waals surface area (Å²) in [7, 11) is 1.70. The third-order valence-corrected chi connectivity index (χ3v) is 5.86. The number of benzene rings is 1. The fraction of sp³-hybridized carbons (Fsp3) is 0.650. The van der Waals surface area contributed by atoms with E-state index in [9.17, 15) is 4.79 Å². The van der Waals surface area contributed by atoms with Crippen molar-refractivity contribution in [3.8, 4) is 0 Å². The van der Waals surface area contributed by atoms with Gasteiger partial charge in [-0.3, -0.25) is 4.79 Å².